The molecule has 2 aliphatic rings. The van der Waals surface area contributed by atoms with Gasteiger partial charge in [-0.2, -0.15) is 0 Å². The van der Waals surface area contributed by atoms with Crippen molar-refractivity contribution in [3.05, 3.63) is 48.7 Å². The van der Waals surface area contributed by atoms with Gasteiger partial charge in [0, 0.05) is 50.5 Å². The average molecular weight is 295 g/mol. The zero-order valence-electron chi connectivity index (χ0n) is 12.7. The first-order valence-corrected chi connectivity index (χ1v) is 8.05. The number of likely N-dealkylation sites (tertiary alicyclic amines) is 1. The van der Waals surface area contributed by atoms with E-state index in [-0.39, 0.29) is 0 Å². The summed E-state index contributed by atoms with van der Waals surface area (Å²) >= 11 is 0. The molecule has 0 bridgehead atoms. The molecule has 114 valence electrons. The number of aromatic nitrogens is 3. The van der Waals surface area contributed by atoms with E-state index in [0.717, 1.165) is 37.1 Å². The molecule has 4 rings (SSSR count). The van der Waals surface area contributed by atoms with Crippen LogP contribution in [0.15, 0.2) is 43.0 Å². The molecule has 0 N–H and O–H groups in total. The van der Waals surface area contributed by atoms with Crippen molar-refractivity contribution >= 4 is 5.82 Å². The zero-order valence-corrected chi connectivity index (χ0v) is 12.7. The summed E-state index contributed by atoms with van der Waals surface area (Å²) in [5.41, 5.74) is 1.07. The maximum atomic E-state index is 4.51. The minimum Gasteiger partial charge on any atom is -0.355 e. The van der Waals surface area contributed by atoms with E-state index in [1.165, 1.54) is 19.4 Å². The van der Waals surface area contributed by atoms with E-state index in [1.54, 1.807) is 12.4 Å². The molecule has 2 saturated heterocycles. The van der Waals surface area contributed by atoms with Crippen LogP contribution in [0.4, 0.5) is 5.82 Å². The van der Waals surface area contributed by atoms with Gasteiger partial charge in [0.2, 0.25) is 0 Å². The highest BCUT2D eigenvalue weighted by Gasteiger charge is 2.38. The first kappa shape index (κ1) is 13.6. The van der Waals surface area contributed by atoms with Crippen molar-refractivity contribution in [2.24, 2.45) is 5.92 Å². The van der Waals surface area contributed by atoms with Crippen molar-refractivity contribution in [2.75, 3.05) is 24.5 Å². The molecule has 0 amide bonds. The van der Waals surface area contributed by atoms with E-state index >= 15 is 0 Å². The van der Waals surface area contributed by atoms with Gasteiger partial charge in [-0.25, -0.2) is 4.98 Å². The Morgan fingerprint density at radius 2 is 2.00 bits per heavy atom. The predicted molar refractivity (Wildman–Crippen MR) is 85.4 cm³/mol. The molecule has 22 heavy (non-hydrogen) atoms. The third-order valence-electron chi connectivity index (χ3n) is 4.93. The van der Waals surface area contributed by atoms with Crippen LogP contribution < -0.4 is 4.90 Å². The Morgan fingerprint density at radius 1 is 1.05 bits per heavy atom. The Balaban J connectivity index is 1.48. The van der Waals surface area contributed by atoms with Crippen LogP contribution in [0.25, 0.3) is 0 Å². The zero-order chi connectivity index (χ0) is 14.8. The summed E-state index contributed by atoms with van der Waals surface area (Å²) in [5, 5.41) is 0. The van der Waals surface area contributed by atoms with Gasteiger partial charge in [-0.1, -0.05) is 6.07 Å². The van der Waals surface area contributed by atoms with Crippen LogP contribution >= 0.6 is 0 Å². The molecular formula is C17H21N5. The van der Waals surface area contributed by atoms with E-state index in [1.807, 2.05) is 18.5 Å². The standard InChI is InChI=1S/C17H21N5/c1-2-6-20-17(3-1)22-10-5-14-4-9-21(16(14)13-22)12-15-11-18-7-8-19-15/h1-3,6-8,11,14,16H,4-5,9-10,12-13H2. The summed E-state index contributed by atoms with van der Waals surface area (Å²) in [6.45, 7) is 4.27. The maximum absolute atomic E-state index is 4.51. The summed E-state index contributed by atoms with van der Waals surface area (Å²) in [5.74, 6) is 1.92. The summed E-state index contributed by atoms with van der Waals surface area (Å²) in [6.07, 6.45) is 9.85. The van der Waals surface area contributed by atoms with Crippen molar-refractivity contribution in [1.29, 1.82) is 0 Å². The van der Waals surface area contributed by atoms with Crippen LogP contribution in [0.1, 0.15) is 18.5 Å². The van der Waals surface area contributed by atoms with Crippen LogP contribution in [0, 0.1) is 5.92 Å². The van der Waals surface area contributed by atoms with Crippen molar-refractivity contribution in [2.45, 2.75) is 25.4 Å². The molecule has 2 aromatic heterocycles. The number of pyridine rings is 1. The molecular weight excluding hydrogens is 274 g/mol. The van der Waals surface area contributed by atoms with Gasteiger partial charge in [0.25, 0.3) is 0 Å². The molecule has 5 nitrogen and oxygen atoms in total. The summed E-state index contributed by atoms with van der Waals surface area (Å²) in [7, 11) is 0. The van der Waals surface area contributed by atoms with E-state index < -0.39 is 0 Å². The van der Waals surface area contributed by atoms with Gasteiger partial charge in [0.15, 0.2) is 0 Å². The number of piperidine rings is 1. The minimum atomic E-state index is 0.609. The van der Waals surface area contributed by atoms with Crippen molar-refractivity contribution in [3.8, 4) is 0 Å². The summed E-state index contributed by atoms with van der Waals surface area (Å²) < 4.78 is 0. The van der Waals surface area contributed by atoms with Gasteiger partial charge >= 0.3 is 0 Å². The van der Waals surface area contributed by atoms with Gasteiger partial charge < -0.3 is 4.90 Å². The van der Waals surface area contributed by atoms with Gasteiger partial charge in [0.05, 0.1) is 5.69 Å². The smallest absolute Gasteiger partial charge is 0.128 e. The molecule has 0 radical (unpaired) electrons. The summed E-state index contributed by atoms with van der Waals surface area (Å²) in [6, 6.07) is 6.77. The van der Waals surface area contributed by atoms with E-state index in [9.17, 15) is 0 Å². The highest BCUT2D eigenvalue weighted by atomic mass is 15.3. The molecule has 2 atom stereocenters. The Hall–Kier alpha value is -2.01. The SMILES string of the molecule is c1ccc(N2CCC3CCN(Cc4cnccn4)C3C2)nc1. The van der Waals surface area contributed by atoms with E-state index in [4.69, 9.17) is 0 Å². The molecule has 2 fully saturated rings. The second kappa shape index (κ2) is 6.01. The van der Waals surface area contributed by atoms with Crippen LogP contribution in [0.2, 0.25) is 0 Å². The molecule has 2 aliphatic heterocycles. The minimum absolute atomic E-state index is 0.609. The predicted octanol–water partition coefficient (Wildman–Crippen LogP) is 1.97. The highest BCUT2D eigenvalue weighted by Crippen LogP contribution is 2.33. The third-order valence-corrected chi connectivity index (χ3v) is 4.93. The molecule has 2 aromatic rings. The molecule has 0 saturated carbocycles. The lowest BCUT2D eigenvalue weighted by Crippen LogP contribution is -2.48. The Kier molecular flexibility index (Phi) is 3.72. The van der Waals surface area contributed by atoms with Gasteiger partial charge in [-0.15, -0.1) is 0 Å². The molecule has 0 spiro atoms. The Labute approximate surface area is 131 Å². The first-order valence-electron chi connectivity index (χ1n) is 8.05. The normalized spacial score (nSPS) is 25.2. The summed E-state index contributed by atoms with van der Waals surface area (Å²) in [4.78, 5) is 18.1. The van der Waals surface area contributed by atoms with Crippen LogP contribution in [-0.4, -0.2) is 45.5 Å². The second-order valence-corrected chi connectivity index (χ2v) is 6.21. The van der Waals surface area contributed by atoms with E-state index in [2.05, 4.69) is 36.9 Å². The molecule has 0 aliphatic carbocycles. The van der Waals surface area contributed by atoms with Gasteiger partial charge in [-0.3, -0.25) is 14.9 Å². The Bertz CT molecular complexity index is 603. The van der Waals surface area contributed by atoms with E-state index in [0.29, 0.717) is 6.04 Å². The fourth-order valence-corrected chi connectivity index (χ4v) is 3.79. The molecule has 5 heteroatoms. The first-order chi connectivity index (χ1) is 10.9. The van der Waals surface area contributed by atoms with Crippen LogP contribution in [0.5, 0.6) is 0 Å². The number of fused-ring (bicyclic) bond motifs is 1. The highest BCUT2D eigenvalue weighted by molar-refractivity contribution is 5.39. The maximum Gasteiger partial charge on any atom is 0.128 e. The number of anilines is 1. The van der Waals surface area contributed by atoms with Crippen molar-refractivity contribution in [3.63, 3.8) is 0 Å². The van der Waals surface area contributed by atoms with Gasteiger partial charge in [-0.05, 0) is 37.4 Å². The lowest BCUT2D eigenvalue weighted by Gasteiger charge is -2.39. The fraction of sp³-hybridized carbons (Fsp3) is 0.471. The van der Waals surface area contributed by atoms with Crippen LogP contribution in [0.3, 0.4) is 0 Å². The monoisotopic (exact) mass is 295 g/mol. The van der Waals surface area contributed by atoms with Gasteiger partial charge in [0.1, 0.15) is 5.82 Å². The van der Waals surface area contributed by atoms with Crippen molar-refractivity contribution in [1.82, 2.24) is 19.9 Å². The number of hydrogen-bond donors (Lipinski definition) is 0. The largest absolute Gasteiger partial charge is 0.355 e. The average Bonchev–Trinajstić information content (AvgIpc) is 2.99. The van der Waals surface area contributed by atoms with Crippen LogP contribution in [-0.2, 0) is 6.54 Å². The number of rotatable bonds is 3. The third kappa shape index (κ3) is 2.68. The number of hydrogen-bond acceptors (Lipinski definition) is 5. The second-order valence-electron chi connectivity index (χ2n) is 6.21. The molecule has 4 heterocycles. The topological polar surface area (TPSA) is 45.2 Å². The molecule has 2 unspecified atom stereocenters. The number of nitrogens with zero attached hydrogens (tertiary/aromatic N) is 5. The fourth-order valence-electron chi connectivity index (χ4n) is 3.79. The molecule has 0 aromatic carbocycles. The lowest BCUT2D eigenvalue weighted by atomic mass is 9.92. The van der Waals surface area contributed by atoms with Crippen molar-refractivity contribution < 1.29 is 0 Å². The lowest BCUT2D eigenvalue weighted by molar-refractivity contribution is 0.198. The Morgan fingerprint density at radius 3 is 2.82 bits per heavy atom. The quantitative estimate of drug-likeness (QED) is 0.866.